The van der Waals surface area contributed by atoms with Gasteiger partial charge in [-0.3, -0.25) is 4.79 Å². The molecular weight excluding hydrogens is 260 g/mol. The number of rotatable bonds is 4. The number of aromatic nitrogens is 1. The van der Waals surface area contributed by atoms with Crippen molar-refractivity contribution in [3.63, 3.8) is 0 Å². The molecule has 21 heavy (non-hydrogen) atoms. The number of carbonyl (C=O) groups excluding carboxylic acids is 1. The third-order valence-corrected chi connectivity index (χ3v) is 3.32. The van der Waals surface area contributed by atoms with E-state index in [1.54, 1.807) is 17.2 Å². The Balaban J connectivity index is 1.93. The van der Waals surface area contributed by atoms with Crippen molar-refractivity contribution in [1.29, 1.82) is 0 Å². The maximum absolute atomic E-state index is 12.7. The SMILES string of the molecule is O=C(c1ccc[nH]1)N(Cc1ccccc1)c1ccccc1. The van der Waals surface area contributed by atoms with Gasteiger partial charge in [0.2, 0.25) is 0 Å². The van der Waals surface area contributed by atoms with Gasteiger partial charge in [0.05, 0.1) is 6.54 Å². The Morgan fingerprint density at radius 3 is 2.14 bits per heavy atom. The van der Waals surface area contributed by atoms with Gasteiger partial charge in [-0.1, -0.05) is 48.5 Å². The number of benzene rings is 2. The number of nitrogens with one attached hydrogen (secondary N) is 1. The fourth-order valence-corrected chi connectivity index (χ4v) is 2.26. The Kier molecular flexibility index (Phi) is 3.83. The van der Waals surface area contributed by atoms with Crippen molar-refractivity contribution in [3.8, 4) is 0 Å². The average molecular weight is 276 g/mol. The third kappa shape index (κ3) is 3.03. The Morgan fingerprint density at radius 2 is 1.52 bits per heavy atom. The maximum atomic E-state index is 12.7. The quantitative estimate of drug-likeness (QED) is 0.771. The zero-order valence-electron chi connectivity index (χ0n) is 11.6. The number of hydrogen-bond acceptors (Lipinski definition) is 1. The van der Waals surface area contributed by atoms with Gasteiger partial charge in [0.1, 0.15) is 5.69 Å². The third-order valence-electron chi connectivity index (χ3n) is 3.32. The van der Waals surface area contributed by atoms with Crippen molar-refractivity contribution >= 4 is 11.6 Å². The molecule has 3 nitrogen and oxygen atoms in total. The van der Waals surface area contributed by atoms with Crippen LogP contribution < -0.4 is 4.90 Å². The first-order chi connectivity index (χ1) is 10.3. The highest BCUT2D eigenvalue weighted by molar-refractivity contribution is 6.04. The van der Waals surface area contributed by atoms with Crippen LogP contribution >= 0.6 is 0 Å². The first-order valence-corrected chi connectivity index (χ1v) is 6.89. The molecule has 1 aromatic heterocycles. The molecule has 3 heteroatoms. The van der Waals surface area contributed by atoms with Gasteiger partial charge in [-0.15, -0.1) is 0 Å². The number of aromatic amines is 1. The number of carbonyl (C=O) groups is 1. The van der Waals surface area contributed by atoms with Crippen LogP contribution in [0.4, 0.5) is 5.69 Å². The van der Waals surface area contributed by atoms with Gasteiger partial charge >= 0.3 is 0 Å². The van der Waals surface area contributed by atoms with Crippen LogP contribution in [-0.2, 0) is 6.54 Å². The highest BCUT2D eigenvalue weighted by Crippen LogP contribution is 2.19. The van der Waals surface area contributed by atoms with E-state index < -0.39 is 0 Å². The average Bonchev–Trinajstić information content (AvgIpc) is 3.08. The van der Waals surface area contributed by atoms with Crippen LogP contribution in [-0.4, -0.2) is 10.9 Å². The summed E-state index contributed by atoms with van der Waals surface area (Å²) in [6.07, 6.45) is 1.76. The molecule has 104 valence electrons. The van der Waals surface area contributed by atoms with Crippen LogP contribution in [0.3, 0.4) is 0 Å². The van der Waals surface area contributed by atoms with E-state index in [9.17, 15) is 4.79 Å². The summed E-state index contributed by atoms with van der Waals surface area (Å²) in [7, 11) is 0. The summed E-state index contributed by atoms with van der Waals surface area (Å²) in [6.45, 7) is 0.544. The van der Waals surface area contributed by atoms with Crippen molar-refractivity contribution in [2.24, 2.45) is 0 Å². The van der Waals surface area contributed by atoms with Crippen LogP contribution in [0.1, 0.15) is 16.1 Å². The minimum absolute atomic E-state index is 0.0324. The summed E-state index contributed by atoms with van der Waals surface area (Å²) in [5, 5.41) is 0. The first kappa shape index (κ1) is 13.2. The number of para-hydroxylation sites is 1. The molecule has 1 heterocycles. The Bertz CT molecular complexity index is 691. The predicted molar refractivity (Wildman–Crippen MR) is 84.2 cm³/mol. The Labute approximate surface area is 123 Å². The van der Waals surface area contributed by atoms with E-state index in [0.717, 1.165) is 11.3 Å². The van der Waals surface area contributed by atoms with E-state index in [1.807, 2.05) is 66.7 Å². The Hall–Kier alpha value is -2.81. The number of hydrogen-bond donors (Lipinski definition) is 1. The van der Waals surface area contributed by atoms with Crippen LogP contribution in [0.5, 0.6) is 0 Å². The zero-order chi connectivity index (χ0) is 14.5. The Morgan fingerprint density at radius 1 is 0.857 bits per heavy atom. The van der Waals surface area contributed by atoms with Gasteiger partial charge < -0.3 is 9.88 Å². The van der Waals surface area contributed by atoms with Gasteiger partial charge in [0, 0.05) is 11.9 Å². The van der Waals surface area contributed by atoms with Crippen LogP contribution in [0.15, 0.2) is 79.0 Å². The largest absolute Gasteiger partial charge is 0.357 e. The van der Waals surface area contributed by atoms with Gasteiger partial charge in [-0.25, -0.2) is 0 Å². The number of anilines is 1. The fourth-order valence-electron chi connectivity index (χ4n) is 2.26. The van der Waals surface area contributed by atoms with Crippen molar-refractivity contribution in [2.75, 3.05) is 4.90 Å². The van der Waals surface area contributed by atoms with Gasteiger partial charge in [-0.05, 0) is 29.8 Å². The molecule has 0 spiro atoms. The molecular formula is C18H16N2O. The van der Waals surface area contributed by atoms with Gasteiger partial charge in [-0.2, -0.15) is 0 Å². The number of H-pyrrole nitrogens is 1. The molecule has 0 radical (unpaired) electrons. The smallest absolute Gasteiger partial charge is 0.274 e. The molecule has 0 atom stereocenters. The monoisotopic (exact) mass is 276 g/mol. The topological polar surface area (TPSA) is 36.1 Å². The molecule has 3 aromatic rings. The van der Waals surface area contributed by atoms with Crippen LogP contribution in [0, 0.1) is 0 Å². The molecule has 0 aliphatic heterocycles. The standard InChI is InChI=1S/C18H16N2O/c21-18(17-12-7-13-19-17)20(16-10-5-2-6-11-16)14-15-8-3-1-4-9-15/h1-13,19H,14H2. The van der Waals surface area contributed by atoms with Crippen molar-refractivity contribution < 1.29 is 4.79 Å². The lowest BCUT2D eigenvalue weighted by Gasteiger charge is -2.22. The van der Waals surface area contributed by atoms with Crippen LogP contribution in [0.25, 0.3) is 0 Å². The van der Waals surface area contributed by atoms with E-state index in [4.69, 9.17) is 0 Å². The molecule has 2 aromatic carbocycles. The molecule has 0 bridgehead atoms. The molecule has 1 amide bonds. The lowest BCUT2D eigenvalue weighted by Crippen LogP contribution is -2.30. The van der Waals surface area contributed by atoms with E-state index in [1.165, 1.54) is 0 Å². The first-order valence-electron chi connectivity index (χ1n) is 6.89. The summed E-state index contributed by atoms with van der Waals surface area (Å²) >= 11 is 0. The number of amides is 1. The summed E-state index contributed by atoms with van der Waals surface area (Å²) < 4.78 is 0. The fraction of sp³-hybridized carbons (Fsp3) is 0.0556. The molecule has 0 fully saturated rings. The lowest BCUT2D eigenvalue weighted by molar-refractivity contribution is 0.0981. The van der Waals surface area contributed by atoms with E-state index >= 15 is 0 Å². The van der Waals surface area contributed by atoms with Gasteiger partial charge in [0.25, 0.3) is 5.91 Å². The zero-order valence-corrected chi connectivity index (χ0v) is 11.6. The molecule has 0 unspecified atom stereocenters. The minimum atomic E-state index is -0.0324. The maximum Gasteiger partial charge on any atom is 0.274 e. The second-order valence-electron chi connectivity index (χ2n) is 4.80. The molecule has 0 aliphatic carbocycles. The molecule has 3 rings (SSSR count). The summed E-state index contributed by atoms with van der Waals surface area (Å²) in [5.74, 6) is -0.0324. The highest BCUT2D eigenvalue weighted by Gasteiger charge is 2.18. The summed E-state index contributed by atoms with van der Waals surface area (Å²) in [4.78, 5) is 17.5. The second kappa shape index (κ2) is 6.09. The second-order valence-corrected chi connectivity index (χ2v) is 4.80. The van der Waals surface area contributed by atoms with Crippen molar-refractivity contribution in [2.45, 2.75) is 6.54 Å². The van der Waals surface area contributed by atoms with Crippen molar-refractivity contribution in [1.82, 2.24) is 4.98 Å². The van der Waals surface area contributed by atoms with E-state index in [0.29, 0.717) is 12.2 Å². The lowest BCUT2D eigenvalue weighted by atomic mass is 10.2. The van der Waals surface area contributed by atoms with Crippen molar-refractivity contribution in [3.05, 3.63) is 90.3 Å². The summed E-state index contributed by atoms with van der Waals surface area (Å²) in [5.41, 5.74) is 2.58. The molecule has 0 saturated carbocycles. The highest BCUT2D eigenvalue weighted by atomic mass is 16.2. The molecule has 0 saturated heterocycles. The summed E-state index contributed by atoms with van der Waals surface area (Å²) in [6, 6.07) is 23.3. The minimum Gasteiger partial charge on any atom is -0.357 e. The normalized spacial score (nSPS) is 10.3. The predicted octanol–water partition coefficient (Wildman–Crippen LogP) is 3.86. The van der Waals surface area contributed by atoms with E-state index in [-0.39, 0.29) is 5.91 Å². The van der Waals surface area contributed by atoms with Gasteiger partial charge in [0.15, 0.2) is 0 Å². The molecule has 1 N–H and O–H groups in total. The van der Waals surface area contributed by atoms with Crippen LogP contribution in [0.2, 0.25) is 0 Å². The molecule has 0 aliphatic rings. The number of nitrogens with zero attached hydrogens (tertiary/aromatic N) is 1. The van der Waals surface area contributed by atoms with E-state index in [2.05, 4.69) is 4.98 Å².